The third-order valence-electron chi connectivity index (χ3n) is 1.97. The second kappa shape index (κ2) is 5.55. The van der Waals surface area contributed by atoms with Crippen molar-refractivity contribution in [3.05, 3.63) is 29.8 Å². The van der Waals surface area contributed by atoms with Crippen LogP contribution in [0.5, 0.6) is 0 Å². The van der Waals surface area contributed by atoms with Gasteiger partial charge in [0.15, 0.2) is 0 Å². The molecule has 0 radical (unpaired) electrons. The van der Waals surface area contributed by atoms with Gasteiger partial charge in [0.05, 0.1) is 0 Å². The lowest BCUT2D eigenvalue weighted by molar-refractivity contribution is -0.116. The molecule has 1 aromatic rings. The zero-order chi connectivity index (χ0) is 12.1. The van der Waals surface area contributed by atoms with E-state index in [1.807, 2.05) is 0 Å². The summed E-state index contributed by atoms with van der Waals surface area (Å²) in [5.41, 5.74) is 5.60. The largest absolute Gasteiger partial charge is 0.328 e. The van der Waals surface area contributed by atoms with Gasteiger partial charge in [0.2, 0.25) is 5.91 Å². The lowest BCUT2D eigenvalue weighted by Gasteiger charge is -2.07. The molecule has 0 saturated carbocycles. The van der Waals surface area contributed by atoms with E-state index in [1.54, 1.807) is 6.92 Å². The molecule has 16 heavy (non-hydrogen) atoms. The van der Waals surface area contributed by atoms with Crippen molar-refractivity contribution in [1.82, 2.24) is 0 Å². The molecule has 0 saturated heterocycles. The van der Waals surface area contributed by atoms with Crippen LogP contribution in [0, 0.1) is 11.6 Å². The first-order valence-corrected chi connectivity index (χ1v) is 4.99. The summed E-state index contributed by atoms with van der Waals surface area (Å²) in [6, 6.07) is 2.80. The Morgan fingerprint density at radius 2 is 1.94 bits per heavy atom. The first kappa shape index (κ1) is 12.6. The molecule has 0 heterocycles. The number of rotatable bonds is 4. The van der Waals surface area contributed by atoms with E-state index in [0.717, 1.165) is 18.2 Å². The Kier molecular flexibility index (Phi) is 4.37. The van der Waals surface area contributed by atoms with Gasteiger partial charge in [-0.1, -0.05) is 0 Å². The first-order valence-electron chi connectivity index (χ1n) is 4.99. The van der Waals surface area contributed by atoms with Crippen molar-refractivity contribution in [2.45, 2.75) is 25.8 Å². The Hall–Kier alpha value is -1.49. The van der Waals surface area contributed by atoms with Crippen LogP contribution in [-0.2, 0) is 4.79 Å². The van der Waals surface area contributed by atoms with Crippen LogP contribution in [0.3, 0.4) is 0 Å². The Balaban J connectivity index is 2.56. The SMILES string of the molecule is CC(N)CCC(=O)Nc1cc(F)cc(F)c1. The molecule has 1 unspecified atom stereocenters. The Morgan fingerprint density at radius 1 is 1.38 bits per heavy atom. The van der Waals surface area contributed by atoms with E-state index in [-0.39, 0.29) is 24.1 Å². The highest BCUT2D eigenvalue weighted by molar-refractivity contribution is 5.90. The summed E-state index contributed by atoms with van der Waals surface area (Å²) in [4.78, 5) is 11.3. The molecule has 5 heteroatoms. The highest BCUT2D eigenvalue weighted by Gasteiger charge is 2.06. The third kappa shape index (κ3) is 4.35. The molecular formula is C11H14F2N2O. The van der Waals surface area contributed by atoms with Crippen molar-refractivity contribution in [3.63, 3.8) is 0 Å². The third-order valence-corrected chi connectivity index (χ3v) is 1.97. The highest BCUT2D eigenvalue weighted by atomic mass is 19.1. The predicted octanol–water partition coefficient (Wildman–Crippen LogP) is 2.03. The van der Waals surface area contributed by atoms with Gasteiger partial charge in [0, 0.05) is 24.2 Å². The molecule has 0 spiro atoms. The normalized spacial score (nSPS) is 12.2. The van der Waals surface area contributed by atoms with Crippen LogP contribution in [0.15, 0.2) is 18.2 Å². The summed E-state index contributed by atoms with van der Waals surface area (Å²) in [5.74, 6) is -1.74. The standard InChI is InChI=1S/C11H14F2N2O/c1-7(14)2-3-11(16)15-10-5-8(12)4-9(13)6-10/h4-7H,2-3,14H2,1H3,(H,15,16). The summed E-state index contributed by atoms with van der Waals surface area (Å²) < 4.78 is 25.6. The summed E-state index contributed by atoms with van der Waals surface area (Å²) in [6.45, 7) is 1.79. The van der Waals surface area contributed by atoms with Crippen LogP contribution in [0.25, 0.3) is 0 Å². The van der Waals surface area contributed by atoms with E-state index in [9.17, 15) is 13.6 Å². The minimum Gasteiger partial charge on any atom is -0.328 e. The van der Waals surface area contributed by atoms with E-state index in [0.29, 0.717) is 6.42 Å². The molecule has 1 rings (SSSR count). The van der Waals surface area contributed by atoms with Crippen molar-refractivity contribution in [2.24, 2.45) is 5.73 Å². The molecule has 3 N–H and O–H groups in total. The summed E-state index contributed by atoms with van der Waals surface area (Å²) in [6.07, 6.45) is 0.763. The van der Waals surface area contributed by atoms with Gasteiger partial charge < -0.3 is 11.1 Å². The van der Waals surface area contributed by atoms with E-state index in [2.05, 4.69) is 5.32 Å². The van der Waals surface area contributed by atoms with E-state index in [4.69, 9.17) is 5.73 Å². The average molecular weight is 228 g/mol. The number of hydrogen-bond acceptors (Lipinski definition) is 2. The van der Waals surface area contributed by atoms with E-state index < -0.39 is 11.6 Å². The molecule has 1 aromatic carbocycles. The molecule has 0 aliphatic carbocycles. The fourth-order valence-electron chi connectivity index (χ4n) is 1.21. The minimum absolute atomic E-state index is 0.0741. The maximum Gasteiger partial charge on any atom is 0.224 e. The lowest BCUT2D eigenvalue weighted by Crippen LogP contribution is -2.19. The zero-order valence-electron chi connectivity index (χ0n) is 8.97. The highest BCUT2D eigenvalue weighted by Crippen LogP contribution is 2.13. The Bertz CT molecular complexity index is 360. The fourth-order valence-corrected chi connectivity index (χ4v) is 1.21. The number of hydrogen-bond donors (Lipinski definition) is 2. The monoisotopic (exact) mass is 228 g/mol. The number of carbonyl (C=O) groups is 1. The summed E-state index contributed by atoms with van der Waals surface area (Å²) >= 11 is 0. The van der Waals surface area contributed by atoms with Crippen LogP contribution in [0.2, 0.25) is 0 Å². The number of nitrogens with one attached hydrogen (secondary N) is 1. The number of carbonyl (C=O) groups excluding carboxylic acids is 1. The number of anilines is 1. The molecule has 1 atom stereocenters. The van der Waals surface area contributed by atoms with Gasteiger partial charge in [0.25, 0.3) is 0 Å². The molecule has 1 amide bonds. The van der Waals surface area contributed by atoms with Gasteiger partial charge in [-0.15, -0.1) is 0 Å². The molecule has 0 aliphatic heterocycles. The van der Waals surface area contributed by atoms with Gasteiger partial charge in [0.1, 0.15) is 11.6 Å². The fraction of sp³-hybridized carbons (Fsp3) is 0.364. The maximum absolute atomic E-state index is 12.8. The van der Waals surface area contributed by atoms with Crippen LogP contribution < -0.4 is 11.1 Å². The number of benzene rings is 1. The number of halogens is 2. The smallest absolute Gasteiger partial charge is 0.224 e. The first-order chi connectivity index (χ1) is 7.47. The summed E-state index contributed by atoms with van der Waals surface area (Å²) in [7, 11) is 0. The molecule has 0 aliphatic rings. The minimum atomic E-state index is -0.720. The maximum atomic E-state index is 12.8. The van der Waals surface area contributed by atoms with Gasteiger partial charge in [-0.05, 0) is 25.5 Å². The van der Waals surface area contributed by atoms with Crippen LogP contribution >= 0.6 is 0 Å². The van der Waals surface area contributed by atoms with Crippen molar-refractivity contribution in [2.75, 3.05) is 5.32 Å². The van der Waals surface area contributed by atoms with Crippen molar-refractivity contribution >= 4 is 11.6 Å². The van der Waals surface area contributed by atoms with Crippen molar-refractivity contribution < 1.29 is 13.6 Å². The molecule has 88 valence electrons. The quantitative estimate of drug-likeness (QED) is 0.828. The molecule has 3 nitrogen and oxygen atoms in total. The van der Waals surface area contributed by atoms with E-state index >= 15 is 0 Å². The van der Waals surface area contributed by atoms with Gasteiger partial charge in [-0.25, -0.2) is 8.78 Å². The van der Waals surface area contributed by atoms with Crippen molar-refractivity contribution in [1.29, 1.82) is 0 Å². The van der Waals surface area contributed by atoms with Crippen LogP contribution in [0.1, 0.15) is 19.8 Å². The average Bonchev–Trinajstić information content (AvgIpc) is 2.12. The topological polar surface area (TPSA) is 55.1 Å². The summed E-state index contributed by atoms with van der Waals surface area (Å²) in [5, 5.41) is 2.40. The Labute approximate surface area is 92.6 Å². The van der Waals surface area contributed by atoms with Crippen LogP contribution in [0.4, 0.5) is 14.5 Å². The number of amides is 1. The number of nitrogens with two attached hydrogens (primary N) is 1. The molecular weight excluding hydrogens is 214 g/mol. The lowest BCUT2D eigenvalue weighted by atomic mass is 10.2. The second-order valence-electron chi connectivity index (χ2n) is 3.72. The Morgan fingerprint density at radius 3 is 2.44 bits per heavy atom. The van der Waals surface area contributed by atoms with E-state index in [1.165, 1.54) is 0 Å². The van der Waals surface area contributed by atoms with Gasteiger partial charge in [-0.3, -0.25) is 4.79 Å². The van der Waals surface area contributed by atoms with Gasteiger partial charge in [-0.2, -0.15) is 0 Å². The van der Waals surface area contributed by atoms with Crippen LogP contribution in [-0.4, -0.2) is 11.9 Å². The molecule has 0 fully saturated rings. The predicted molar refractivity (Wildman–Crippen MR) is 57.9 cm³/mol. The molecule has 0 aromatic heterocycles. The van der Waals surface area contributed by atoms with Gasteiger partial charge >= 0.3 is 0 Å². The molecule has 0 bridgehead atoms. The second-order valence-corrected chi connectivity index (χ2v) is 3.72. The van der Waals surface area contributed by atoms with Crippen molar-refractivity contribution in [3.8, 4) is 0 Å². The zero-order valence-corrected chi connectivity index (χ0v) is 8.97.